The van der Waals surface area contributed by atoms with Gasteiger partial charge in [-0.15, -0.1) is 0 Å². The van der Waals surface area contributed by atoms with Crippen LogP contribution in [0.1, 0.15) is 19.4 Å². The topological polar surface area (TPSA) is 37.3 Å². The van der Waals surface area contributed by atoms with Crippen molar-refractivity contribution in [3.63, 3.8) is 0 Å². The number of rotatable bonds is 5. The van der Waals surface area contributed by atoms with E-state index in [-0.39, 0.29) is 11.5 Å². The van der Waals surface area contributed by atoms with Crippen LogP contribution in [-0.4, -0.2) is 21.9 Å². The van der Waals surface area contributed by atoms with E-state index in [1.807, 2.05) is 0 Å². The molecule has 1 rings (SSSR count). The highest BCUT2D eigenvalue weighted by Gasteiger charge is 2.05. The minimum atomic E-state index is 0.236. The molecule has 0 unspecified atom stereocenters. The summed E-state index contributed by atoms with van der Waals surface area (Å²) in [6, 6.07) is 6.79. The zero-order valence-electron chi connectivity index (χ0n) is 9.06. The Morgan fingerprint density at radius 2 is 1.93 bits per heavy atom. The molecule has 0 bridgehead atoms. The van der Waals surface area contributed by atoms with E-state index in [9.17, 15) is 4.79 Å². The molecular weight excluding hydrogens is 208 g/mol. The second kappa shape index (κ2) is 5.81. The van der Waals surface area contributed by atoms with Crippen LogP contribution in [0, 0.1) is 0 Å². The second-order valence-corrected chi connectivity index (χ2v) is 5.31. The summed E-state index contributed by atoms with van der Waals surface area (Å²) in [6.07, 6.45) is 0.458. The highest BCUT2D eigenvalue weighted by molar-refractivity contribution is 8.00. The number of aromatic hydroxyl groups is 1. The molecule has 0 atom stereocenters. The van der Waals surface area contributed by atoms with Crippen LogP contribution in [-0.2, 0) is 11.2 Å². The summed E-state index contributed by atoms with van der Waals surface area (Å²) in [5, 5.41) is 9.57. The number of hydrogen-bond acceptors (Lipinski definition) is 3. The lowest BCUT2D eigenvalue weighted by molar-refractivity contribution is -0.116. The van der Waals surface area contributed by atoms with Crippen LogP contribution in [0.4, 0.5) is 0 Å². The number of Topliss-reactive ketones (excluding diaryl/α,β-unsaturated/α-hetero) is 1. The number of carbonyl (C=O) groups is 1. The maximum atomic E-state index is 11.5. The van der Waals surface area contributed by atoms with Crippen LogP contribution in [0.15, 0.2) is 24.3 Å². The zero-order chi connectivity index (χ0) is 11.3. The summed E-state index contributed by atoms with van der Waals surface area (Å²) < 4.78 is 0. The molecule has 1 aromatic carbocycles. The molecule has 1 N–H and O–H groups in total. The molecule has 0 radical (unpaired) electrons. The summed E-state index contributed by atoms with van der Waals surface area (Å²) in [7, 11) is 0. The lowest BCUT2D eigenvalue weighted by atomic mass is 10.1. The predicted octanol–water partition coefficient (Wildman–Crippen LogP) is 2.65. The van der Waals surface area contributed by atoms with Crippen LogP contribution in [0.25, 0.3) is 0 Å². The summed E-state index contributed by atoms with van der Waals surface area (Å²) in [5.74, 6) is 1.04. The normalized spacial score (nSPS) is 10.6. The molecule has 1 aromatic rings. The molecule has 0 spiro atoms. The van der Waals surface area contributed by atoms with Crippen LogP contribution in [0.3, 0.4) is 0 Å². The Hall–Kier alpha value is -0.960. The highest BCUT2D eigenvalue weighted by atomic mass is 32.2. The molecule has 0 aromatic heterocycles. The number of thioether (sulfide) groups is 1. The van der Waals surface area contributed by atoms with Gasteiger partial charge in [0, 0.05) is 6.42 Å². The zero-order valence-corrected chi connectivity index (χ0v) is 9.88. The average Bonchev–Trinajstić information content (AvgIpc) is 2.19. The molecule has 0 fully saturated rings. The van der Waals surface area contributed by atoms with Gasteiger partial charge in [0.25, 0.3) is 0 Å². The predicted molar refractivity (Wildman–Crippen MR) is 64.4 cm³/mol. The van der Waals surface area contributed by atoms with Gasteiger partial charge in [0.05, 0.1) is 5.75 Å². The van der Waals surface area contributed by atoms with Crippen molar-refractivity contribution in [3.8, 4) is 5.75 Å². The molecule has 0 amide bonds. The lowest BCUT2D eigenvalue weighted by Gasteiger charge is -2.04. The Bertz CT molecular complexity index is 317. The minimum absolute atomic E-state index is 0.236. The fourth-order valence-corrected chi connectivity index (χ4v) is 1.77. The number of phenols is 1. The van der Waals surface area contributed by atoms with E-state index in [0.29, 0.717) is 17.4 Å². The van der Waals surface area contributed by atoms with Crippen molar-refractivity contribution < 1.29 is 9.90 Å². The monoisotopic (exact) mass is 224 g/mol. The van der Waals surface area contributed by atoms with Crippen molar-refractivity contribution in [1.82, 2.24) is 0 Å². The van der Waals surface area contributed by atoms with Gasteiger partial charge >= 0.3 is 0 Å². The van der Waals surface area contributed by atoms with Crippen LogP contribution >= 0.6 is 11.8 Å². The fourth-order valence-electron chi connectivity index (χ4n) is 1.15. The molecule has 0 heterocycles. The molecule has 0 aliphatic carbocycles. The molecule has 0 saturated carbocycles. The van der Waals surface area contributed by atoms with Gasteiger partial charge in [-0.05, 0) is 22.9 Å². The smallest absolute Gasteiger partial charge is 0.147 e. The van der Waals surface area contributed by atoms with E-state index in [4.69, 9.17) is 5.11 Å². The fraction of sp³-hybridized carbons (Fsp3) is 0.417. The highest BCUT2D eigenvalue weighted by Crippen LogP contribution is 2.13. The molecular formula is C12H16O2S. The quantitative estimate of drug-likeness (QED) is 0.835. The first kappa shape index (κ1) is 12.1. The Labute approximate surface area is 94.7 Å². The molecule has 0 aliphatic heterocycles. The van der Waals surface area contributed by atoms with E-state index in [0.717, 1.165) is 5.56 Å². The maximum absolute atomic E-state index is 11.5. The summed E-state index contributed by atoms with van der Waals surface area (Å²) >= 11 is 1.66. The first-order valence-corrected chi connectivity index (χ1v) is 6.04. The van der Waals surface area contributed by atoms with Crippen molar-refractivity contribution in [2.45, 2.75) is 25.5 Å². The van der Waals surface area contributed by atoms with E-state index < -0.39 is 0 Å². The average molecular weight is 224 g/mol. The maximum Gasteiger partial charge on any atom is 0.147 e. The van der Waals surface area contributed by atoms with E-state index in [1.165, 1.54) is 0 Å². The molecule has 15 heavy (non-hydrogen) atoms. The van der Waals surface area contributed by atoms with Gasteiger partial charge in [-0.1, -0.05) is 26.0 Å². The van der Waals surface area contributed by atoms with Crippen LogP contribution in [0.5, 0.6) is 5.75 Å². The number of phenolic OH excluding ortho intramolecular Hbond substituents is 1. The molecule has 0 saturated heterocycles. The van der Waals surface area contributed by atoms with Gasteiger partial charge in [-0.3, -0.25) is 4.79 Å². The third-order valence-electron chi connectivity index (χ3n) is 1.92. The minimum Gasteiger partial charge on any atom is -0.508 e. The largest absolute Gasteiger partial charge is 0.508 e. The Balaban J connectivity index is 2.41. The Kier molecular flexibility index (Phi) is 4.69. The molecule has 2 nitrogen and oxygen atoms in total. The lowest BCUT2D eigenvalue weighted by Crippen LogP contribution is -2.07. The van der Waals surface area contributed by atoms with E-state index in [1.54, 1.807) is 36.0 Å². The van der Waals surface area contributed by atoms with Crippen molar-refractivity contribution in [3.05, 3.63) is 29.8 Å². The Morgan fingerprint density at radius 1 is 1.33 bits per heavy atom. The van der Waals surface area contributed by atoms with Gasteiger partial charge in [-0.2, -0.15) is 11.8 Å². The molecule has 82 valence electrons. The van der Waals surface area contributed by atoms with Crippen molar-refractivity contribution in [2.24, 2.45) is 0 Å². The van der Waals surface area contributed by atoms with Crippen LogP contribution < -0.4 is 0 Å². The third-order valence-corrected chi connectivity index (χ3v) is 3.07. The van der Waals surface area contributed by atoms with Crippen molar-refractivity contribution in [2.75, 3.05) is 5.75 Å². The summed E-state index contributed by atoms with van der Waals surface area (Å²) in [5.41, 5.74) is 0.960. The number of carbonyl (C=O) groups excluding carboxylic acids is 1. The second-order valence-electron chi connectivity index (χ2n) is 3.74. The van der Waals surface area contributed by atoms with Crippen molar-refractivity contribution >= 4 is 17.5 Å². The number of ketones is 1. The first-order valence-electron chi connectivity index (χ1n) is 4.99. The standard InChI is InChI=1S/C12H16O2S/c1-9(2)15-8-12(14)7-10-3-5-11(13)6-4-10/h3-6,9,13H,7-8H2,1-2H3. The van der Waals surface area contributed by atoms with Gasteiger partial charge in [0.1, 0.15) is 11.5 Å². The van der Waals surface area contributed by atoms with Gasteiger partial charge in [-0.25, -0.2) is 0 Å². The van der Waals surface area contributed by atoms with Gasteiger partial charge in [0.15, 0.2) is 0 Å². The number of hydrogen-bond donors (Lipinski definition) is 1. The van der Waals surface area contributed by atoms with E-state index in [2.05, 4.69) is 13.8 Å². The number of benzene rings is 1. The summed E-state index contributed by atoms with van der Waals surface area (Å²) in [6.45, 7) is 4.16. The SMILES string of the molecule is CC(C)SCC(=O)Cc1ccc(O)cc1. The molecule has 0 aliphatic rings. The van der Waals surface area contributed by atoms with Gasteiger partial charge < -0.3 is 5.11 Å². The van der Waals surface area contributed by atoms with Gasteiger partial charge in [0.2, 0.25) is 0 Å². The van der Waals surface area contributed by atoms with Crippen LogP contribution in [0.2, 0.25) is 0 Å². The summed E-state index contributed by atoms with van der Waals surface area (Å²) in [4.78, 5) is 11.5. The third kappa shape index (κ3) is 4.88. The van der Waals surface area contributed by atoms with Crippen molar-refractivity contribution in [1.29, 1.82) is 0 Å². The Morgan fingerprint density at radius 3 is 2.47 bits per heavy atom. The van der Waals surface area contributed by atoms with E-state index >= 15 is 0 Å². The molecule has 3 heteroatoms. The first-order chi connectivity index (χ1) is 7.08.